The fourth-order valence-electron chi connectivity index (χ4n) is 5.16. The van der Waals surface area contributed by atoms with E-state index >= 15 is 0 Å². The molecule has 0 radical (unpaired) electrons. The van der Waals surface area contributed by atoms with Gasteiger partial charge in [-0.1, -0.05) is 60.7 Å². The highest BCUT2D eigenvalue weighted by Crippen LogP contribution is 2.31. The number of β-amino-alcohol motifs (C(OH)–C–C–N with tert-alkyl or cyclic N) is 2. The Morgan fingerprint density at radius 3 is 1.32 bits per heavy atom. The van der Waals surface area contributed by atoms with E-state index in [0.717, 1.165) is 9.80 Å². The molecule has 2 N–H and O–H groups in total. The number of benzene rings is 2. The molecule has 2 heterocycles. The lowest BCUT2D eigenvalue weighted by Crippen LogP contribution is -2.46. The molecular weight excluding hydrogens is 528 g/mol. The molecule has 41 heavy (non-hydrogen) atoms. The maximum absolute atomic E-state index is 13.1. The van der Waals surface area contributed by atoms with Crippen LogP contribution < -0.4 is 0 Å². The molecule has 220 valence electrons. The highest BCUT2D eigenvalue weighted by Gasteiger charge is 2.52. The van der Waals surface area contributed by atoms with Crippen LogP contribution in [0.4, 0.5) is 9.59 Å². The van der Waals surface area contributed by atoms with E-state index in [2.05, 4.69) is 0 Å². The van der Waals surface area contributed by atoms with E-state index in [-0.39, 0.29) is 39.4 Å². The number of imide groups is 2. The summed E-state index contributed by atoms with van der Waals surface area (Å²) in [7, 11) is 0. The van der Waals surface area contributed by atoms with Gasteiger partial charge in [-0.2, -0.15) is 0 Å². The first kappa shape index (κ1) is 30.2. The zero-order valence-electron chi connectivity index (χ0n) is 23.9. The van der Waals surface area contributed by atoms with E-state index < -0.39 is 47.2 Å². The summed E-state index contributed by atoms with van der Waals surface area (Å²) in [6.45, 7) is 6.47. The van der Waals surface area contributed by atoms with E-state index in [1.165, 1.54) is 9.80 Å². The quantitative estimate of drug-likeness (QED) is 0.298. The van der Waals surface area contributed by atoms with Crippen molar-refractivity contribution in [1.82, 2.24) is 19.6 Å². The maximum Gasteiger partial charge on any atom is 0.327 e. The van der Waals surface area contributed by atoms with Gasteiger partial charge in [0.1, 0.15) is 11.1 Å². The van der Waals surface area contributed by atoms with Crippen molar-refractivity contribution in [3.63, 3.8) is 0 Å². The minimum Gasteiger partial charge on any atom is -0.387 e. The molecule has 0 saturated carbocycles. The van der Waals surface area contributed by atoms with Crippen LogP contribution in [0.2, 0.25) is 0 Å². The van der Waals surface area contributed by atoms with Crippen molar-refractivity contribution < 1.29 is 34.1 Å². The van der Waals surface area contributed by atoms with E-state index in [9.17, 15) is 29.4 Å². The van der Waals surface area contributed by atoms with Gasteiger partial charge in [-0.05, 0) is 38.8 Å². The molecule has 0 aliphatic carbocycles. The zero-order valence-corrected chi connectivity index (χ0v) is 23.9. The van der Waals surface area contributed by atoms with Gasteiger partial charge in [-0.15, -0.1) is 0 Å². The number of hydrogen-bond donors (Lipinski definition) is 2. The third-order valence-corrected chi connectivity index (χ3v) is 7.81. The van der Waals surface area contributed by atoms with Crippen LogP contribution >= 0.6 is 0 Å². The lowest BCUT2D eigenvalue weighted by molar-refractivity contribution is -0.132. The topological polar surface area (TPSA) is 131 Å². The normalized spacial score (nSPS) is 19.9. The predicted octanol–water partition coefficient (Wildman–Crippen LogP) is 2.56. The number of hydrogen-bond acceptors (Lipinski definition) is 7. The second-order valence-corrected chi connectivity index (χ2v) is 11.3. The molecule has 11 nitrogen and oxygen atoms in total. The minimum atomic E-state index is -1.14. The Labute approximate surface area is 239 Å². The first-order chi connectivity index (χ1) is 19.4. The van der Waals surface area contributed by atoms with Gasteiger partial charge >= 0.3 is 12.1 Å². The maximum atomic E-state index is 13.1. The summed E-state index contributed by atoms with van der Waals surface area (Å²) in [6, 6.07) is 16.8. The zero-order chi connectivity index (χ0) is 29.9. The number of ether oxygens (including phenoxy) is 1. The molecule has 0 bridgehead atoms. The first-order valence-electron chi connectivity index (χ1n) is 13.7. The SMILES string of the molecule is CC1(C)C(=O)N(CCOCCN2C(=O)N(CC(O)c3ccccc3)C(C)(C)C2=O)C(=O)N1CC(O)c1ccccc1. The molecule has 2 aliphatic rings. The fraction of sp³-hybridized carbons (Fsp3) is 0.467. The van der Waals surface area contributed by atoms with Gasteiger partial charge in [0.25, 0.3) is 11.8 Å². The predicted molar refractivity (Wildman–Crippen MR) is 149 cm³/mol. The molecule has 11 heteroatoms. The van der Waals surface area contributed by atoms with Crippen LogP contribution in [0.15, 0.2) is 60.7 Å². The van der Waals surface area contributed by atoms with Crippen molar-refractivity contribution >= 4 is 23.9 Å². The number of nitrogens with zero attached hydrogens (tertiary/aromatic N) is 4. The summed E-state index contributed by atoms with van der Waals surface area (Å²) in [5.41, 5.74) is -0.985. The van der Waals surface area contributed by atoms with Gasteiger partial charge in [-0.25, -0.2) is 9.59 Å². The summed E-state index contributed by atoms with van der Waals surface area (Å²) in [5, 5.41) is 21.3. The van der Waals surface area contributed by atoms with Gasteiger partial charge in [0.2, 0.25) is 0 Å². The number of amides is 6. The van der Waals surface area contributed by atoms with Crippen molar-refractivity contribution in [2.24, 2.45) is 0 Å². The van der Waals surface area contributed by atoms with Crippen molar-refractivity contribution in [1.29, 1.82) is 0 Å². The van der Waals surface area contributed by atoms with Crippen LogP contribution in [0.25, 0.3) is 0 Å². The Balaban J connectivity index is 1.28. The Bertz CT molecular complexity index is 1170. The lowest BCUT2D eigenvalue weighted by Gasteiger charge is -2.29. The molecule has 2 aromatic carbocycles. The van der Waals surface area contributed by atoms with Crippen LogP contribution in [0.1, 0.15) is 51.0 Å². The molecule has 2 saturated heterocycles. The average molecular weight is 567 g/mol. The highest BCUT2D eigenvalue weighted by molar-refractivity contribution is 6.07. The van der Waals surface area contributed by atoms with Gasteiger partial charge in [0.15, 0.2) is 0 Å². The Morgan fingerprint density at radius 1 is 0.634 bits per heavy atom. The van der Waals surface area contributed by atoms with Crippen LogP contribution in [-0.2, 0) is 14.3 Å². The van der Waals surface area contributed by atoms with E-state index in [1.807, 2.05) is 12.1 Å². The monoisotopic (exact) mass is 566 g/mol. The third kappa shape index (κ3) is 5.97. The second-order valence-electron chi connectivity index (χ2n) is 11.3. The smallest absolute Gasteiger partial charge is 0.327 e. The van der Waals surface area contributed by atoms with Crippen molar-refractivity contribution in [3.8, 4) is 0 Å². The van der Waals surface area contributed by atoms with Crippen LogP contribution in [0.3, 0.4) is 0 Å². The molecular formula is C30H38N4O7. The number of carbonyl (C=O) groups is 4. The number of carbonyl (C=O) groups excluding carboxylic acids is 4. The standard InChI is InChI=1S/C30H38N4O7/c1-29(2)25(37)31(27(39)33(29)19-23(35)21-11-7-5-8-12-21)15-17-41-18-16-32-26(38)30(3,4)34(28(32)40)20-24(36)22-13-9-6-10-14-22/h5-14,23-24,35-36H,15-20H2,1-4H3. The van der Waals surface area contributed by atoms with Crippen LogP contribution in [0, 0.1) is 0 Å². The molecule has 4 rings (SSSR count). The Hall–Kier alpha value is -3.80. The van der Waals surface area contributed by atoms with Crippen LogP contribution in [-0.4, -0.2) is 104 Å². The number of urea groups is 2. The van der Waals surface area contributed by atoms with Gasteiger partial charge in [0.05, 0.1) is 51.6 Å². The summed E-state index contributed by atoms with van der Waals surface area (Å²) in [6.07, 6.45) is -1.90. The van der Waals surface area contributed by atoms with E-state index in [1.54, 1.807) is 76.2 Å². The molecule has 0 aromatic heterocycles. The molecule has 2 unspecified atom stereocenters. The van der Waals surface area contributed by atoms with Gasteiger partial charge in [-0.3, -0.25) is 19.4 Å². The summed E-state index contributed by atoms with van der Waals surface area (Å²) >= 11 is 0. The van der Waals surface area contributed by atoms with Crippen molar-refractivity contribution in [2.45, 2.75) is 51.0 Å². The molecule has 0 spiro atoms. The summed E-state index contributed by atoms with van der Waals surface area (Å²) in [5.74, 6) is -0.795. The first-order valence-corrected chi connectivity index (χ1v) is 13.7. The van der Waals surface area contributed by atoms with Gasteiger partial charge < -0.3 is 24.7 Å². The van der Waals surface area contributed by atoms with E-state index in [4.69, 9.17) is 4.74 Å². The minimum absolute atomic E-state index is 0.0121. The molecule has 2 fully saturated rings. The average Bonchev–Trinajstić information content (AvgIpc) is 3.22. The summed E-state index contributed by atoms with van der Waals surface area (Å²) in [4.78, 5) is 57.2. The molecule has 2 aromatic rings. The van der Waals surface area contributed by atoms with Crippen molar-refractivity contribution in [2.75, 3.05) is 39.4 Å². The van der Waals surface area contributed by atoms with Crippen LogP contribution in [0.5, 0.6) is 0 Å². The Morgan fingerprint density at radius 2 is 0.976 bits per heavy atom. The fourth-order valence-corrected chi connectivity index (χ4v) is 5.16. The lowest BCUT2D eigenvalue weighted by atomic mass is 10.0. The second kappa shape index (κ2) is 12.0. The summed E-state index contributed by atoms with van der Waals surface area (Å²) < 4.78 is 5.63. The molecule has 2 atom stereocenters. The number of rotatable bonds is 12. The number of aliphatic hydroxyl groups is 2. The number of aliphatic hydroxyl groups excluding tert-OH is 2. The van der Waals surface area contributed by atoms with Crippen molar-refractivity contribution in [3.05, 3.63) is 71.8 Å². The largest absolute Gasteiger partial charge is 0.387 e. The Kier molecular flexibility index (Phi) is 8.81. The third-order valence-electron chi connectivity index (χ3n) is 7.81. The van der Waals surface area contributed by atoms with Gasteiger partial charge in [0, 0.05) is 0 Å². The van der Waals surface area contributed by atoms with E-state index in [0.29, 0.717) is 11.1 Å². The highest BCUT2D eigenvalue weighted by atomic mass is 16.5. The molecule has 6 amide bonds. The molecule has 2 aliphatic heterocycles.